The second-order valence-corrected chi connectivity index (χ2v) is 4.91. The number of rotatable bonds is 4. The van der Waals surface area contributed by atoms with E-state index in [-0.39, 0.29) is 11.9 Å². The second kappa shape index (κ2) is 4.93. The van der Waals surface area contributed by atoms with Gasteiger partial charge in [0.05, 0.1) is 11.0 Å². The lowest BCUT2D eigenvalue weighted by Gasteiger charge is -2.16. The largest absolute Gasteiger partial charge is 0.348 e. The summed E-state index contributed by atoms with van der Waals surface area (Å²) in [6, 6.07) is 5.43. The summed E-state index contributed by atoms with van der Waals surface area (Å²) in [5.41, 5.74) is 7.81. The fraction of sp³-hybridized carbons (Fsp3) is 0.357. The van der Waals surface area contributed by atoms with Crippen molar-refractivity contribution >= 4 is 16.9 Å². The number of carbonyl (C=O) groups excluding carboxylic acids is 1. The maximum Gasteiger partial charge on any atom is 0.251 e. The Kier molecular flexibility index (Phi) is 3.13. The molecule has 1 aromatic carbocycles. The first kappa shape index (κ1) is 12.0. The zero-order valence-electron chi connectivity index (χ0n) is 10.5. The van der Waals surface area contributed by atoms with E-state index in [1.165, 1.54) is 0 Å². The lowest BCUT2D eigenvalue weighted by atomic mass is 10.1. The molecule has 1 unspecified atom stereocenters. The SMILES string of the molecule is NCC(NC(=O)c1ccc2nccnc2c1)C1CC1. The van der Waals surface area contributed by atoms with Crippen molar-refractivity contribution in [3.63, 3.8) is 0 Å². The highest BCUT2D eigenvalue weighted by Gasteiger charge is 2.31. The van der Waals surface area contributed by atoms with E-state index in [1.54, 1.807) is 24.5 Å². The number of fused-ring (bicyclic) bond motifs is 1. The predicted molar refractivity (Wildman–Crippen MR) is 72.6 cm³/mol. The zero-order valence-corrected chi connectivity index (χ0v) is 10.5. The quantitative estimate of drug-likeness (QED) is 0.858. The van der Waals surface area contributed by atoms with Crippen LogP contribution in [0, 0.1) is 5.92 Å². The maximum atomic E-state index is 12.2. The molecule has 1 aliphatic carbocycles. The third kappa shape index (κ3) is 2.56. The van der Waals surface area contributed by atoms with Crippen molar-refractivity contribution in [1.29, 1.82) is 0 Å². The normalized spacial score (nSPS) is 16.3. The van der Waals surface area contributed by atoms with Crippen LogP contribution in [-0.4, -0.2) is 28.5 Å². The highest BCUT2D eigenvalue weighted by Crippen LogP contribution is 2.32. The van der Waals surface area contributed by atoms with Gasteiger partial charge in [0.25, 0.3) is 5.91 Å². The minimum Gasteiger partial charge on any atom is -0.348 e. The Bertz CT molecular complexity index is 609. The zero-order chi connectivity index (χ0) is 13.2. The number of hydrogen-bond acceptors (Lipinski definition) is 4. The Morgan fingerprint density at radius 2 is 2.05 bits per heavy atom. The molecule has 1 atom stereocenters. The Balaban J connectivity index is 1.80. The van der Waals surface area contributed by atoms with Crippen LogP contribution in [0.4, 0.5) is 0 Å². The van der Waals surface area contributed by atoms with Gasteiger partial charge in [0, 0.05) is 30.5 Å². The number of benzene rings is 1. The molecule has 1 fully saturated rings. The topological polar surface area (TPSA) is 80.9 Å². The molecular weight excluding hydrogens is 240 g/mol. The molecule has 5 nitrogen and oxygen atoms in total. The smallest absolute Gasteiger partial charge is 0.251 e. The van der Waals surface area contributed by atoms with Crippen LogP contribution in [0.3, 0.4) is 0 Å². The van der Waals surface area contributed by atoms with Gasteiger partial charge in [-0.3, -0.25) is 14.8 Å². The molecule has 1 saturated carbocycles. The first-order chi connectivity index (χ1) is 9.28. The van der Waals surface area contributed by atoms with Gasteiger partial charge < -0.3 is 11.1 Å². The van der Waals surface area contributed by atoms with Gasteiger partial charge in [0.1, 0.15) is 0 Å². The minimum atomic E-state index is -0.0881. The van der Waals surface area contributed by atoms with Gasteiger partial charge in [0.15, 0.2) is 0 Å². The van der Waals surface area contributed by atoms with E-state index < -0.39 is 0 Å². The summed E-state index contributed by atoms with van der Waals surface area (Å²) in [7, 11) is 0. The molecule has 19 heavy (non-hydrogen) atoms. The predicted octanol–water partition coefficient (Wildman–Crippen LogP) is 1.10. The first-order valence-electron chi connectivity index (χ1n) is 6.49. The summed E-state index contributed by atoms with van der Waals surface area (Å²) in [5, 5.41) is 3.00. The number of carbonyl (C=O) groups is 1. The van der Waals surface area contributed by atoms with Crippen LogP contribution in [0.2, 0.25) is 0 Å². The standard InChI is InChI=1S/C14H16N4O/c15-8-13(9-1-2-9)18-14(19)10-3-4-11-12(7-10)17-6-5-16-11/h3-7,9,13H,1-2,8,15H2,(H,18,19). The molecule has 3 N–H and O–H groups in total. The molecule has 5 heteroatoms. The van der Waals surface area contributed by atoms with Gasteiger partial charge >= 0.3 is 0 Å². The van der Waals surface area contributed by atoms with Crippen molar-refractivity contribution in [3.8, 4) is 0 Å². The monoisotopic (exact) mass is 256 g/mol. The Labute approximate surface area is 111 Å². The van der Waals surface area contributed by atoms with Crippen molar-refractivity contribution in [1.82, 2.24) is 15.3 Å². The number of nitrogens with two attached hydrogens (primary N) is 1. The number of nitrogens with one attached hydrogen (secondary N) is 1. The van der Waals surface area contributed by atoms with Crippen molar-refractivity contribution in [2.24, 2.45) is 11.7 Å². The van der Waals surface area contributed by atoms with E-state index in [0.29, 0.717) is 18.0 Å². The van der Waals surface area contributed by atoms with Gasteiger partial charge in [-0.25, -0.2) is 0 Å². The van der Waals surface area contributed by atoms with Gasteiger partial charge in [-0.1, -0.05) is 0 Å². The lowest BCUT2D eigenvalue weighted by molar-refractivity contribution is 0.0933. The van der Waals surface area contributed by atoms with Crippen LogP contribution in [0.25, 0.3) is 11.0 Å². The number of hydrogen-bond donors (Lipinski definition) is 2. The van der Waals surface area contributed by atoms with Crippen molar-refractivity contribution in [2.75, 3.05) is 6.54 Å². The van der Waals surface area contributed by atoms with E-state index in [4.69, 9.17) is 5.73 Å². The first-order valence-corrected chi connectivity index (χ1v) is 6.49. The van der Waals surface area contributed by atoms with Crippen molar-refractivity contribution in [3.05, 3.63) is 36.2 Å². The summed E-state index contributed by atoms with van der Waals surface area (Å²) in [6.45, 7) is 0.490. The van der Waals surface area contributed by atoms with Crippen LogP contribution < -0.4 is 11.1 Å². The van der Waals surface area contributed by atoms with Gasteiger partial charge in [0.2, 0.25) is 0 Å². The number of aromatic nitrogens is 2. The van der Waals surface area contributed by atoms with Crippen molar-refractivity contribution in [2.45, 2.75) is 18.9 Å². The van der Waals surface area contributed by atoms with Gasteiger partial charge in [-0.2, -0.15) is 0 Å². The third-order valence-electron chi connectivity index (χ3n) is 3.49. The molecule has 0 saturated heterocycles. The summed E-state index contributed by atoms with van der Waals surface area (Å²) in [5.74, 6) is 0.462. The maximum absolute atomic E-state index is 12.2. The van der Waals surface area contributed by atoms with Crippen LogP contribution in [0.1, 0.15) is 23.2 Å². The van der Waals surface area contributed by atoms with E-state index in [0.717, 1.165) is 23.9 Å². The summed E-state index contributed by atoms with van der Waals surface area (Å²) < 4.78 is 0. The fourth-order valence-corrected chi connectivity index (χ4v) is 2.22. The molecule has 1 aliphatic rings. The molecule has 3 rings (SSSR count). The van der Waals surface area contributed by atoms with E-state index in [2.05, 4.69) is 15.3 Å². The number of nitrogens with zero attached hydrogens (tertiary/aromatic N) is 2. The van der Waals surface area contributed by atoms with Crippen LogP contribution >= 0.6 is 0 Å². The molecule has 0 spiro atoms. The fourth-order valence-electron chi connectivity index (χ4n) is 2.22. The number of amides is 1. The molecule has 2 aromatic rings. The molecule has 0 aliphatic heterocycles. The average Bonchev–Trinajstić information content (AvgIpc) is 3.28. The van der Waals surface area contributed by atoms with Crippen LogP contribution in [0.15, 0.2) is 30.6 Å². The highest BCUT2D eigenvalue weighted by atomic mass is 16.1. The molecule has 1 amide bonds. The van der Waals surface area contributed by atoms with Crippen LogP contribution in [-0.2, 0) is 0 Å². The van der Waals surface area contributed by atoms with Gasteiger partial charge in [-0.05, 0) is 37.0 Å². The summed E-state index contributed by atoms with van der Waals surface area (Å²) in [4.78, 5) is 20.6. The van der Waals surface area contributed by atoms with Gasteiger partial charge in [-0.15, -0.1) is 0 Å². The Morgan fingerprint density at radius 3 is 2.74 bits per heavy atom. The Morgan fingerprint density at radius 1 is 1.32 bits per heavy atom. The molecule has 98 valence electrons. The highest BCUT2D eigenvalue weighted by molar-refractivity contribution is 5.97. The molecule has 0 radical (unpaired) electrons. The van der Waals surface area contributed by atoms with E-state index >= 15 is 0 Å². The van der Waals surface area contributed by atoms with Crippen LogP contribution in [0.5, 0.6) is 0 Å². The molecule has 0 bridgehead atoms. The third-order valence-corrected chi connectivity index (χ3v) is 3.49. The molecule has 1 heterocycles. The van der Waals surface area contributed by atoms with Crippen molar-refractivity contribution < 1.29 is 4.79 Å². The lowest BCUT2D eigenvalue weighted by Crippen LogP contribution is -2.41. The van der Waals surface area contributed by atoms with E-state index in [9.17, 15) is 4.79 Å². The average molecular weight is 256 g/mol. The second-order valence-electron chi connectivity index (χ2n) is 4.91. The minimum absolute atomic E-state index is 0.0880. The summed E-state index contributed by atoms with van der Waals surface area (Å²) in [6.07, 6.45) is 5.58. The molecular formula is C14H16N4O. The summed E-state index contributed by atoms with van der Waals surface area (Å²) >= 11 is 0. The van der Waals surface area contributed by atoms with E-state index in [1.807, 2.05) is 6.07 Å². The molecule has 1 aromatic heterocycles. The Hall–Kier alpha value is -2.01.